The molecular formula is C12H26N4O2. The number of carbonyl (C=O) groups is 1. The van der Waals surface area contributed by atoms with Gasteiger partial charge in [-0.3, -0.25) is 4.99 Å². The van der Waals surface area contributed by atoms with Gasteiger partial charge in [0.25, 0.3) is 0 Å². The SMILES string of the molecule is CCC(CC)(CN=C(N)N)NC(=O)OC(C)(C)C. The van der Waals surface area contributed by atoms with Crippen LogP contribution in [0.3, 0.4) is 0 Å². The van der Waals surface area contributed by atoms with Crippen LogP contribution >= 0.6 is 0 Å². The molecule has 1 amide bonds. The van der Waals surface area contributed by atoms with E-state index in [1.54, 1.807) is 0 Å². The number of alkyl carbamates (subject to hydrolysis) is 1. The quantitative estimate of drug-likeness (QED) is 0.511. The maximum absolute atomic E-state index is 11.8. The molecule has 106 valence electrons. The number of rotatable bonds is 5. The second kappa shape index (κ2) is 6.47. The van der Waals surface area contributed by atoms with Crippen LogP contribution in [0.15, 0.2) is 4.99 Å². The highest BCUT2D eigenvalue weighted by Crippen LogP contribution is 2.17. The van der Waals surface area contributed by atoms with Crippen molar-refractivity contribution in [1.29, 1.82) is 0 Å². The molecule has 5 N–H and O–H groups in total. The van der Waals surface area contributed by atoms with E-state index in [1.807, 2.05) is 34.6 Å². The van der Waals surface area contributed by atoms with Crippen molar-refractivity contribution in [3.8, 4) is 0 Å². The Hall–Kier alpha value is -1.46. The zero-order valence-electron chi connectivity index (χ0n) is 12.0. The molecular weight excluding hydrogens is 232 g/mol. The van der Waals surface area contributed by atoms with Gasteiger partial charge < -0.3 is 21.5 Å². The molecule has 0 aromatic heterocycles. The van der Waals surface area contributed by atoms with Gasteiger partial charge in [-0.2, -0.15) is 0 Å². The normalized spacial score (nSPS) is 11.8. The first-order valence-corrected chi connectivity index (χ1v) is 6.20. The van der Waals surface area contributed by atoms with E-state index in [0.717, 1.165) is 12.8 Å². The molecule has 0 saturated heterocycles. The third-order valence-electron chi connectivity index (χ3n) is 2.68. The van der Waals surface area contributed by atoms with Crippen molar-refractivity contribution < 1.29 is 9.53 Å². The van der Waals surface area contributed by atoms with E-state index in [0.29, 0.717) is 6.54 Å². The minimum absolute atomic E-state index is 0.0206. The lowest BCUT2D eigenvalue weighted by Crippen LogP contribution is -2.52. The third kappa shape index (κ3) is 6.32. The molecule has 0 aromatic rings. The number of ether oxygens (including phenoxy) is 1. The van der Waals surface area contributed by atoms with Gasteiger partial charge >= 0.3 is 6.09 Å². The van der Waals surface area contributed by atoms with Crippen molar-refractivity contribution >= 4 is 12.1 Å². The van der Waals surface area contributed by atoms with Gasteiger partial charge in [0.15, 0.2) is 5.96 Å². The lowest BCUT2D eigenvalue weighted by atomic mass is 9.93. The van der Waals surface area contributed by atoms with Crippen LogP contribution in [0.25, 0.3) is 0 Å². The summed E-state index contributed by atoms with van der Waals surface area (Å²) in [5.74, 6) is 0.0206. The maximum atomic E-state index is 11.8. The summed E-state index contributed by atoms with van der Waals surface area (Å²) in [5, 5.41) is 2.86. The summed E-state index contributed by atoms with van der Waals surface area (Å²) >= 11 is 0. The fraction of sp³-hybridized carbons (Fsp3) is 0.833. The molecule has 0 spiro atoms. The number of nitrogens with one attached hydrogen (secondary N) is 1. The van der Waals surface area contributed by atoms with E-state index in [9.17, 15) is 4.79 Å². The Morgan fingerprint density at radius 3 is 2.06 bits per heavy atom. The van der Waals surface area contributed by atoms with E-state index in [2.05, 4.69) is 10.3 Å². The van der Waals surface area contributed by atoms with E-state index in [4.69, 9.17) is 16.2 Å². The summed E-state index contributed by atoms with van der Waals surface area (Å²) in [6.45, 7) is 9.76. The molecule has 0 saturated carbocycles. The van der Waals surface area contributed by atoms with Crippen LogP contribution in [-0.4, -0.2) is 29.7 Å². The second-order valence-corrected chi connectivity index (χ2v) is 5.36. The number of guanidine groups is 1. The van der Waals surface area contributed by atoms with Gasteiger partial charge in [0, 0.05) is 0 Å². The minimum atomic E-state index is -0.520. The van der Waals surface area contributed by atoms with Crippen LogP contribution in [0.1, 0.15) is 47.5 Å². The number of amides is 1. The summed E-state index contributed by atoms with van der Waals surface area (Å²) in [7, 11) is 0. The topological polar surface area (TPSA) is 103 Å². The van der Waals surface area contributed by atoms with Gasteiger partial charge in [-0.05, 0) is 33.6 Å². The maximum Gasteiger partial charge on any atom is 0.408 e. The predicted octanol–water partition coefficient (Wildman–Crippen LogP) is 1.34. The van der Waals surface area contributed by atoms with Crippen LogP contribution < -0.4 is 16.8 Å². The molecule has 0 fully saturated rings. The highest BCUT2D eigenvalue weighted by Gasteiger charge is 2.30. The second-order valence-electron chi connectivity index (χ2n) is 5.36. The van der Waals surface area contributed by atoms with Gasteiger partial charge in [0.05, 0.1) is 12.1 Å². The summed E-state index contributed by atoms with van der Waals surface area (Å²) in [6, 6.07) is 0. The van der Waals surface area contributed by atoms with Crippen molar-refractivity contribution in [2.45, 2.75) is 58.6 Å². The van der Waals surface area contributed by atoms with Crippen LogP contribution in [0.2, 0.25) is 0 Å². The highest BCUT2D eigenvalue weighted by atomic mass is 16.6. The average molecular weight is 258 g/mol. The Morgan fingerprint density at radius 2 is 1.72 bits per heavy atom. The Morgan fingerprint density at radius 1 is 1.22 bits per heavy atom. The molecule has 0 atom stereocenters. The van der Waals surface area contributed by atoms with Crippen molar-refractivity contribution in [1.82, 2.24) is 5.32 Å². The predicted molar refractivity (Wildman–Crippen MR) is 73.4 cm³/mol. The van der Waals surface area contributed by atoms with Crippen LogP contribution in [0, 0.1) is 0 Å². The zero-order chi connectivity index (χ0) is 14.4. The molecule has 6 nitrogen and oxygen atoms in total. The summed E-state index contributed by atoms with van der Waals surface area (Å²) in [6.07, 6.45) is 0.996. The molecule has 0 aromatic carbocycles. The van der Waals surface area contributed by atoms with Crippen molar-refractivity contribution in [2.75, 3.05) is 6.54 Å². The van der Waals surface area contributed by atoms with Gasteiger partial charge in [-0.1, -0.05) is 13.8 Å². The lowest BCUT2D eigenvalue weighted by Gasteiger charge is -2.32. The third-order valence-corrected chi connectivity index (χ3v) is 2.68. The van der Waals surface area contributed by atoms with E-state index < -0.39 is 17.2 Å². The number of carbonyl (C=O) groups excluding carboxylic acids is 1. The van der Waals surface area contributed by atoms with Gasteiger partial charge in [0.1, 0.15) is 5.60 Å². The van der Waals surface area contributed by atoms with Gasteiger partial charge in [0.2, 0.25) is 0 Å². The average Bonchev–Trinajstić information content (AvgIpc) is 2.21. The number of hydrogen-bond donors (Lipinski definition) is 3. The highest BCUT2D eigenvalue weighted by molar-refractivity contribution is 5.75. The van der Waals surface area contributed by atoms with Gasteiger partial charge in [-0.15, -0.1) is 0 Å². The lowest BCUT2D eigenvalue weighted by molar-refractivity contribution is 0.0452. The smallest absolute Gasteiger partial charge is 0.408 e. The Labute approximate surface area is 109 Å². The fourth-order valence-corrected chi connectivity index (χ4v) is 1.45. The van der Waals surface area contributed by atoms with Crippen LogP contribution in [0.4, 0.5) is 4.79 Å². The molecule has 6 heteroatoms. The van der Waals surface area contributed by atoms with E-state index >= 15 is 0 Å². The molecule has 0 radical (unpaired) electrons. The summed E-state index contributed by atoms with van der Waals surface area (Å²) in [4.78, 5) is 15.8. The summed E-state index contributed by atoms with van der Waals surface area (Å²) in [5.41, 5.74) is 9.66. The van der Waals surface area contributed by atoms with E-state index in [1.165, 1.54) is 0 Å². The molecule has 0 aliphatic rings. The van der Waals surface area contributed by atoms with Crippen LogP contribution in [0.5, 0.6) is 0 Å². The minimum Gasteiger partial charge on any atom is -0.444 e. The first kappa shape index (κ1) is 16.5. The van der Waals surface area contributed by atoms with Crippen molar-refractivity contribution in [3.05, 3.63) is 0 Å². The fourth-order valence-electron chi connectivity index (χ4n) is 1.45. The molecule has 0 unspecified atom stereocenters. The molecule has 0 heterocycles. The molecule has 0 bridgehead atoms. The number of nitrogens with two attached hydrogens (primary N) is 2. The summed E-state index contributed by atoms with van der Waals surface area (Å²) < 4.78 is 5.24. The Balaban J connectivity index is 4.70. The largest absolute Gasteiger partial charge is 0.444 e. The molecule has 0 aliphatic heterocycles. The first-order valence-electron chi connectivity index (χ1n) is 6.20. The number of hydrogen-bond acceptors (Lipinski definition) is 3. The molecule has 0 aliphatic carbocycles. The van der Waals surface area contributed by atoms with Gasteiger partial charge in [-0.25, -0.2) is 4.79 Å². The number of nitrogens with zero attached hydrogens (tertiary/aromatic N) is 1. The van der Waals surface area contributed by atoms with Crippen molar-refractivity contribution in [3.63, 3.8) is 0 Å². The Kier molecular flexibility index (Phi) is 5.94. The van der Waals surface area contributed by atoms with Crippen molar-refractivity contribution in [2.24, 2.45) is 16.5 Å². The molecule has 0 rings (SSSR count). The Bertz CT molecular complexity index is 300. The first-order chi connectivity index (χ1) is 8.14. The standard InChI is InChI=1S/C12H26N4O2/c1-6-12(7-2,8-15-9(13)14)16-10(17)18-11(3,4)5/h6-8H2,1-5H3,(H,16,17)(H4,13,14,15). The molecule has 18 heavy (non-hydrogen) atoms. The monoisotopic (exact) mass is 258 g/mol. The van der Waals surface area contributed by atoms with E-state index in [-0.39, 0.29) is 5.96 Å². The zero-order valence-corrected chi connectivity index (χ0v) is 12.0. The van der Waals surface area contributed by atoms with Crippen LogP contribution in [-0.2, 0) is 4.74 Å². The number of aliphatic imine (C=N–C) groups is 1.